The minimum Gasteiger partial charge on any atom is -0.340 e. The van der Waals surface area contributed by atoms with Gasteiger partial charge in [-0.2, -0.15) is 0 Å². The molecule has 8 heteroatoms. The average Bonchev–Trinajstić information content (AvgIpc) is 3.43. The number of H-pyrrole nitrogens is 1. The summed E-state index contributed by atoms with van der Waals surface area (Å²) in [4.78, 5) is 54.2. The Morgan fingerprint density at radius 3 is 2.63 bits per heavy atom. The largest absolute Gasteiger partial charge is 0.340 e. The van der Waals surface area contributed by atoms with Crippen molar-refractivity contribution in [2.45, 2.75) is 52.1 Å². The lowest BCUT2D eigenvalue weighted by Gasteiger charge is -2.34. The maximum atomic E-state index is 12.7. The van der Waals surface area contributed by atoms with Crippen molar-refractivity contribution in [2.75, 3.05) is 19.6 Å². The van der Waals surface area contributed by atoms with Gasteiger partial charge in [0.15, 0.2) is 0 Å². The van der Waals surface area contributed by atoms with Crippen LogP contribution in [0, 0.1) is 11.8 Å². The molecule has 0 radical (unpaired) electrons. The summed E-state index contributed by atoms with van der Waals surface area (Å²) >= 11 is 0. The number of aryl methyl sites for hydroxylation is 1. The molecule has 1 saturated carbocycles. The highest BCUT2D eigenvalue weighted by atomic mass is 16.2. The van der Waals surface area contributed by atoms with Gasteiger partial charge in [-0.05, 0) is 24.7 Å². The normalized spacial score (nSPS) is 20.9. The summed E-state index contributed by atoms with van der Waals surface area (Å²) in [6.45, 7) is 6.14. The predicted octanol–water partition coefficient (Wildman–Crippen LogP) is 0.422. The third-order valence-electron chi connectivity index (χ3n) is 5.46. The molecule has 0 bridgehead atoms. The summed E-state index contributed by atoms with van der Waals surface area (Å²) in [5.41, 5.74) is -0.971. The number of hydrogen-bond donors (Lipinski definition) is 1. The molecule has 1 aliphatic heterocycles. The molecule has 1 aromatic heterocycles. The van der Waals surface area contributed by atoms with Crippen molar-refractivity contribution in [3.05, 3.63) is 33.1 Å². The minimum atomic E-state index is -0.517. The van der Waals surface area contributed by atoms with Crippen LogP contribution in [-0.4, -0.2) is 56.8 Å². The molecule has 0 spiro atoms. The minimum absolute atomic E-state index is 0.0281. The summed E-state index contributed by atoms with van der Waals surface area (Å²) in [6, 6.07) is 1.29. The Hall–Kier alpha value is -2.38. The van der Waals surface area contributed by atoms with Crippen molar-refractivity contribution in [1.82, 2.24) is 19.4 Å². The number of aromatic amines is 1. The Kier molecular flexibility index (Phi) is 5.82. The lowest BCUT2D eigenvalue weighted by Crippen LogP contribution is -2.48. The first-order chi connectivity index (χ1) is 12.8. The number of nitrogens with one attached hydrogen (secondary N) is 1. The number of aromatic nitrogens is 2. The fourth-order valence-corrected chi connectivity index (χ4v) is 3.58. The molecule has 2 fully saturated rings. The lowest BCUT2D eigenvalue weighted by atomic mass is 10.0. The van der Waals surface area contributed by atoms with E-state index in [1.165, 1.54) is 29.7 Å². The fraction of sp³-hybridized carbons (Fsp3) is 0.684. The van der Waals surface area contributed by atoms with Crippen molar-refractivity contribution in [3.8, 4) is 0 Å². The van der Waals surface area contributed by atoms with Crippen molar-refractivity contribution in [1.29, 1.82) is 0 Å². The number of hydrogen-bond acceptors (Lipinski definition) is 4. The van der Waals surface area contributed by atoms with E-state index in [1.54, 1.807) is 4.90 Å². The van der Waals surface area contributed by atoms with E-state index in [-0.39, 0.29) is 36.7 Å². The van der Waals surface area contributed by atoms with Crippen molar-refractivity contribution >= 4 is 11.8 Å². The third kappa shape index (κ3) is 4.87. The van der Waals surface area contributed by atoms with E-state index in [2.05, 4.69) is 18.8 Å². The van der Waals surface area contributed by atoms with E-state index in [0.29, 0.717) is 25.4 Å². The fourth-order valence-electron chi connectivity index (χ4n) is 3.58. The van der Waals surface area contributed by atoms with E-state index in [1.807, 2.05) is 4.90 Å². The zero-order valence-electron chi connectivity index (χ0n) is 16.0. The zero-order valence-corrected chi connectivity index (χ0v) is 16.0. The van der Waals surface area contributed by atoms with Gasteiger partial charge in [0.25, 0.3) is 5.56 Å². The second-order valence-electron chi connectivity index (χ2n) is 7.94. The molecule has 1 saturated heterocycles. The molecule has 148 valence electrons. The van der Waals surface area contributed by atoms with Gasteiger partial charge in [0.05, 0.1) is 6.04 Å². The number of rotatable bonds is 6. The molecule has 2 aliphatic rings. The van der Waals surface area contributed by atoms with Crippen LogP contribution in [0.3, 0.4) is 0 Å². The quantitative estimate of drug-likeness (QED) is 0.778. The first-order valence-electron chi connectivity index (χ1n) is 9.72. The van der Waals surface area contributed by atoms with E-state index >= 15 is 0 Å². The van der Waals surface area contributed by atoms with Crippen LogP contribution in [-0.2, 0) is 16.1 Å². The van der Waals surface area contributed by atoms with E-state index in [4.69, 9.17) is 0 Å². The molecule has 3 rings (SSSR count). The Labute approximate surface area is 158 Å². The summed E-state index contributed by atoms with van der Waals surface area (Å²) in [5.74, 6) is 0.944. The van der Waals surface area contributed by atoms with Crippen LogP contribution >= 0.6 is 0 Å². The topological polar surface area (TPSA) is 95.5 Å². The van der Waals surface area contributed by atoms with Crippen LogP contribution < -0.4 is 11.2 Å². The molecule has 1 aliphatic carbocycles. The van der Waals surface area contributed by atoms with E-state index in [0.717, 1.165) is 6.54 Å². The second-order valence-corrected chi connectivity index (χ2v) is 7.94. The Bertz CT molecular complexity index is 808. The molecule has 1 aromatic rings. The van der Waals surface area contributed by atoms with Crippen molar-refractivity contribution < 1.29 is 9.59 Å². The Balaban J connectivity index is 1.66. The van der Waals surface area contributed by atoms with Crippen LogP contribution in [0.15, 0.2) is 21.9 Å². The number of carbonyl (C=O) groups excluding carboxylic acids is 2. The molecule has 27 heavy (non-hydrogen) atoms. The average molecular weight is 376 g/mol. The molecular formula is C19H28N4O4. The van der Waals surface area contributed by atoms with Crippen LogP contribution in [0.2, 0.25) is 0 Å². The van der Waals surface area contributed by atoms with Crippen molar-refractivity contribution in [3.63, 3.8) is 0 Å². The van der Waals surface area contributed by atoms with Gasteiger partial charge in [0.1, 0.15) is 0 Å². The molecular weight excluding hydrogens is 348 g/mol. The van der Waals surface area contributed by atoms with Crippen LogP contribution in [0.4, 0.5) is 0 Å². The molecule has 0 aromatic carbocycles. The molecule has 1 N–H and O–H groups in total. The van der Waals surface area contributed by atoms with Gasteiger partial charge in [0, 0.05) is 51.3 Å². The summed E-state index contributed by atoms with van der Waals surface area (Å²) < 4.78 is 1.32. The summed E-state index contributed by atoms with van der Waals surface area (Å²) in [7, 11) is 0. The second kappa shape index (κ2) is 8.10. The highest BCUT2D eigenvalue weighted by molar-refractivity contribution is 5.80. The van der Waals surface area contributed by atoms with Gasteiger partial charge in [-0.25, -0.2) is 4.79 Å². The first kappa shape index (κ1) is 19.4. The van der Waals surface area contributed by atoms with Gasteiger partial charge >= 0.3 is 5.69 Å². The van der Waals surface area contributed by atoms with E-state index < -0.39 is 11.2 Å². The summed E-state index contributed by atoms with van der Waals surface area (Å²) in [6.07, 6.45) is 4.28. The van der Waals surface area contributed by atoms with Gasteiger partial charge in [-0.3, -0.25) is 19.4 Å². The summed E-state index contributed by atoms with van der Waals surface area (Å²) in [5, 5.41) is 0. The van der Waals surface area contributed by atoms with Gasteiger partial charge in [-0.15, -0.1) is 0 Å². The maximum absolute atomic E-state index is 12.7. The van der Waals surface area contributed by atoms with Gasteiger partial charge in [-0.1, -0.05) is 13.8 Å². The van der Waals surface area contributed by atoms with Crippen LogP contribution in [0.25, 0.3) is 0 Å². The molecule has 8 nitrogen and oxygen atoms in total. The van der Waals surface area contributed by atoms with E-state index in [9.17, 15) is 19.2 Å². The Morgan fingerprint density at radius 2 is 2.00 bits per heavy atom. The lowest BCUT2D eigenvalue weighted by molar-refractivity contribution is -0.134. The van der Waals surface area contributed by atoms with Crippen LogP contribution in [0.5, 0.6) is 0 Å². The highest BCUT2D eigenvalue weighted by Gasteiger charge is 2.36. The number of amides is 2. The van der Waals surface area contributed by atoms with Gasteiger partial charge < -0.3 is 14.4 Å². The predicted molar refractivity (Wildman–Crippen MR) is 100 cm³/mol. The number of nitrogens with zero attached hydrogens (tertiary/aromatic N) is 3. The SMILES string of the molecule is CC(C)[C@H]1CN(C(=O)CCn2ccc(=O)[nH]c2=O)CCC(=O)N1CC1CC1. The molecule has 1 atom stereocenters. The molecule has 0 unspecified atom stereocenters. The third-order valence-corrected chi connectivity index (χ3v) is 5.46. The molecule has 2 heterocycles. The highest BCUT2D eigenvalue weighted by Crippen LogP contribution is 2.32. The van der Waals surface area contributed by atoms with Gasteiger partial charge in [0.2, 0.25) is 11.8 Å². The van der Waals surface area contributed by atoms with Crippen molar-refractivity contribution in [2.24, 2.45) is 11.8 Å². The smallest absolute Gasteiger partial charge is 0.328 e. The standard InChI is InChI=1S/C19H28N4O4/c1-13(2)15-12-22(10-7-18(26)23(15)11-14-3-4-14)17(25)6-9-21-8-5-16(24)20-19(21)27/h5,8,13-15H,3-4,6-7,9-12H2,1-2H3,(H,20,24,27)/t15-/m1/s1. The van der Waals surface area contributed by atoms with Crippen LogP contribution in [0.1, 0.15) is 39.5 Å². The molecule has 2 amide bonds. The first-order valence-corrected chi connectivity index (χ1v) is 9.72. The maximum Gasteiger partial charge on any atom is 0.328 e. The zero-order chi connectivity index (χ0) is 19.6. The Morgan fingerprint density at radius 1 is 1.26 bits per heavy atom. The number of carbonyl (C=O) groups is 2. The monoisotopic (exact) mass is 376 g/mol.